The Labute approximate surface area is 222 Å². The molecule has 196 valence electrons. The van der Waals surface area contributed by atoms with E-state index in [2.05, 4.69) is 14.8 Å². The number of halogens is 2. The van der Waals surface area contributed by atoms with Crippen LogP contribution in [0.15, 0.2) is 48.5 Å². The molecule has 8 nitrogen and oxygen atoms in total. The third-order valence-electron chi connectivity index (χ3n) is 5.92. The van der Waals surface area contributed by atoms with E-state index in [1.54, 1.807) is 18.2 Å². The lowest BCUT2D eigenvalue weighted by atomic mass is 10.0. The van der Waals surface area contributed by atoms with Crippen LogP contribution in [0.2, 0.25) is 10.0 Å². The highest BCUT2D eigenvalue weighted by atomic mass is 35.5. The van der Waals surface area contributed by atoms with Crippen molar-refractivity contribution in [2.45, 2.75) is 58.3 Å². The van der Waals surface area contributed by atoms with Crippen LogP contribution in [0.3, 0.4) is 0 Å². The van der Waals surface area contributed by atoms with E-state index in [4.69, 9.17) is 23.2 Å². The molecule has 0 bridgehead atoms. The first-order valence-electron chi connectivity index (χ1n) is 11.9. The van der Waals surface area contributed by atoms with Crippen molar-refractivity contribution >= 4 is 45.2 Å². The van der Waals surface area contributed by atoms with Crippen molar-refractivity contribution < 1.29 is 18.0 Å². The number of likely N-dealkylation sites (tertiary alicyclic amines) is 1. The minimum absolute atomic E-state index is 0.0534. The predicted molar refractivity (Wildman–Crippen MR) is 142 cm³/mol. The lowest BCUT2D eigenvalue weighted by Gasteiger charge is -2.29. The van der Waals surface area contributed by atoms with E-state index in [-0.39, 0.29) is 24.9 Å². The number of nitrogens with one attached hydrogen (secondary N) is 3. The van der Waals surface area contributed by atoms with E-state index >= 15 is 0 Å². The third kappa shape index (κ3) is 8.18. The molecule has 0 spiro atoms. The van der Waals surface area contributed by atoms with Crippen molar-refractivity contribution in [3.8, 4) is 0 Å². The second-order valence-corrected chi connectivity index (χ2v) is 11.6. The van der Waals surface area contributed by atoms with Gasteiger partial charge in [0.15, 0.2) is 0 Å². The average molecular weight is 556 g/mol. The van der Waals surface area contributed by atoms with Gasteiger partial charge in [-0.15, -0.1) is 0 Å². The molecule has 3 N–H and O–H groups in total. The minimum atomic E-state index is -3.96. The molecular weight excluding hydrogens is 523 g/mol. The van der Waals surface area contributed by atoms with Gasteiger partial charge in [0.1, 0.15) is 12.1 Å². The zero-order valence-corrected chi connectivity index (χ0v) is 22.7. The molecule has 1 aliphatic rings. The van der Waals surface area contributed by atoms with Gasteiger partial charge in [0.25, 0.3) is 10.2 Å². The van der Waals surface area contributed by atoms with Crippen LogP contribution < -0.4 is 14.8 Å². The van der Waals surface area contributed by atoms with E-state index in [0.717, 1.165) is 5.56 Å². The minimum Gasteiger partial charge on any atom is -0.350 e. The number of nitrogens with zero attached hydrogens (tertiary/aromatic N) is 1. The van der Waals surface area contributed by atoms with Gasteiger partial charge in [0.05, 0.1) is 0 Å². The molecule has 1 saturated heterocycles. The molecule has 11 heteroatoms. The van der Waals surface area contributed by atoms with Gasteiger partial charge in [-0.1, -0.05) is 73.4 Å². The molecule has 2 atom stereocenters. The summed E-state index contributed by atoms with van der Waals surface area (Å²) >= 11 is 12.1. The van der Waals surface area contributed by atoms with Crippen LogP contribution in [-0.2, 0) is 32.9 Å². The number of rotatable bonds is 11. The molecule has 1 aliphatic heterocycles. The van der Waals surface area contributed by atoms with Crippen LogP contribution in [0.1, 0.15) is 44.2 Å². The molecule has 0 aromatic heterocycles. The Kier molecular flexibility index (Phi) is 10.2. The molecule has 36 heavy (non-hydrogen) atoms. The highest BCUT2D eigenvalue weighted by Crippen LogP contribution is 2.23. The quantitative estimate of drug-likeness (QED) is 0.394. The lowest BCUT2D eigenvalue weighted by molar-refractivity contribution is -0.140. The SMILES string of the molecule is CC(C)C[C@@H](NS(=O)(=O)NCc1ccccc1)C(=O)N1CCC[C@H]1C(=O)NCc1ccc(Cl)cc1Cl. The summed E-state index contributed by atoms with van der Waals surface area (Å²) < 4.78 is 30.5. The van der Waals surface area contributed by atoms with Crippen LogP contribution in [-0.4, -0.2) is 43.8 Å². The first-order chi connectivity index (χ1) is 17.1. The molecule has 3 rings (SSSR count). The van der Waals surface area contributed by atoms with Crippen LogP contribution in [0.5, 0.6) is 0 Å². The van der Waals surface area contributed by atoms with Gasteiger partial charge >= 0.3 is 0 Å². The molecule has 0 saturated carbocycles. The summed E-state index contributed by atoms with van der Waals surface area (Å²) in [5.74, 6) is -0.658. The Morgan fingerprint density at radius 3 is 2.47 bits per heavy atom. The molecule has 1 fully saturated rings. The molecule has 0 unspecified atom stereocenters. The Balaban J connectivity index is 1.66. The number of amides is 2. The fourth-order valence-electron chi connectivity index (χ4n) is 4.14. The van der Waals surface area contributed by atoms with E-state index in [1.165, 1.54) is 4.90 Å². The van der Waals surface area contributed by atoms with Crippen molar-refractivity contribution in [3.63, 3.8) is 0 Å². The molecule has 2 amide bonds. The standard InChI is InChI=1S/C25H32Cl2N4O4S/c1-17(2)13-22(30-36(34,35)29-15-18-7-4-3-5-8-18)25(33)31-12-6-9-23(31)24(32)28-16-19-10-11-20(26)14-21(19)27/h3-5,7-8,10-11,14,17,22-23,29-30H,6,9,12-13,15-16H2,1-2H3,(H,28,32)/t22-,23+/m1/s1. The van der Waals surface area contributed by atoms with Crippen LogP contribution >= 0.6 is 23.2 Å². The summed E-state index contributed by atoms with van der Waals surface area (Å²) in [4.78, 5) is 27.9. The van der Waals surface area contributed by atoms with E-state index in [9.17, 15) is 18.0 Å². The van der Waals surface area contributed by atoms with Crippen LogP contribution in [0.25, 0.3) is 0 Å². The van der Waals surface area contributed by atoms with E-state index in [0.29, 0.717) is 41.4 Å². The highest BCUT2D eigenvalue weighted by molar-refractivity contribution is 7.87. The fourth-order valence-corrected chi connectivity index (χ4v) is 5.63. The van der Waals surface area contributed by atoms with Crippen LogP contribution in [0, 0.1) is 5.92 Å². The fraction of sp³-hybridized carbons (Fsp3) is 0.440. The smallest absolute Gasteiger partial charge is 0.277 e. The van der Waals surface area contributed by atoms with Crippen molar-refractivity contribution in [2.75, 3.05) is 6.54 Å². The molecule has 0 radical (unpaired) electrons. The number of carbonyl (C=O) groups excluding carboxylic acids is 2. The largest absolute Gasteiger partial charge is 0.350 e. The molecule has 2 aromatic rings. The Morgan fingerprint density at radius 1 is 1.08 bits per heavy atom. The molecule has 1 heterocycles. The van der Waals surface area contributed by atoms with Gasteiger partial charge in [0, 0.05) is 29.7 Å². The molecule has 0 aliphatic carbocycles. The highest BCUT2D eigenvalue weighted by Gasteiger charge is 2.38. The van der Waals surface area contributed by atoms with Crippen molar-refractivity contribution in [2.24, 2.45) is 5.92 Å². The zero-order chi connectivity index (χ0) is 26.3. The lowest BCUT2D eigenvalue weighted by Crippen LogP contribution is -2.55. The number of benzene rings is 2. The van der Waals surface area contributed by atoms with Crippen molar-refractivity contribution in [3.05, 3.63) is 69.7 Å². The number of carbonyl (C=O) groups is 2. The van der Waals surface area contributed by atoms with Crippen LogP contribution in [0.4, 0.5) is 0 Å². The van der Waals surface area contributed by atoms with Crippen molar-refractivity contribution in [1.29, 1.82) is 0 Å². The van der Waals surface area contributed by atoms with E-state index < -0.39 is 28.2 Å². The number of hydrogen-bond acceptors (Lipinski definition) is 4. The maximum Gasteiger partial charge on any atom is 0.277 e. The predicted octanol–water partition coefficient (Wildman–Crippen LogP) is 3.64. The van der Waals surface area contributed by atoms with Gasteiger partial charge in [-0.25, -0.2) is 0 Å². The molecule has 2 aromatic carbocycles. The number of hydrogen-bond donors (Lipinski definition) is 3. The first-order valence-corrected chi connectivity index (χ1v) is 14.1. The van der Waals surface area contributed by atoms with Crippen molar-refractivity contribution in [1.82, 2.24) is 19.7 Å². The zero-order valence-electron chi connectivity index (χ0n) is 20.3. The van der Waals surface area contributed by atoms with Gasteiger partial charge in [-0.2, -0.15) is 17.9 Å². The van der Waals surface area contributed by atoms with Gasteiger partial charge in [-0.3, -0.25) is 9.59 Å². The molecular formula is C25H32Cl2N4O4S. The Hall–Kier alpha value is -2.17. The average Bonchev–Trinajstić information content (AvgIpc) is 3.31. The monoisotopic (exact) mass is 554 g/mol. The summed E-state index contributed by atoms with van der Waals surface area (Å²) in [6.45, 7) is 4.50. The maximum atomic E-state index is 13.5. The summed E-state index contributed by atoms with van der Waals surface area (Å²) in [6, 6.07) is 12.5. The summed E-state index contributed by atoms with van der Waals surface area (Å²) in [5, 5.41) is 3.78. The third-order valence-corrected chi connectivity index (χ3v) is 7.62. The van der Waals surface area contributed by atoms with Gasteiger partial charge < -0.3 is 10.2 Å². The normalized spacial score (nSPS) is 16.8. The summed E-state index contributed by atoms with van der Waals surface area (Å²) in [6.07, 6.45) is 1.45. The second-order valence-electron chi connectivity index (χ2n) is 9.25. The van der Waals surface area contributed by atoms with Gasteiger partial charge in [0.2, 0.25) is 11.8 Å². The maximum absolute atomic E-state index is 13.5. The van der Waals surface area contributed by atoms with E-state index in [1.807, 2.05) is 44.2 Å². The topological polar surface area (TPSA) is 108 Å². The summed E-state index contributed by atoms with van der Waals surface area (Å²) in [5.41, 5.74) is 1.51. The Morgan fingerprint density at radius 2 is 1.81 bits per heavy atom. The van der Waals surface area contributed by atoms with Gasteiger partial charge in [-0.05, 0) is 48.4 Å². The Bertz CT molecular complexity index is 1160. The summed E-state index contributed by atoms with van der Waals surface area (Å²) in [7, 11) is -3.96. The second kappa shape index (κ2) is 12.9. The first kappa shape index (κ1) is 28.4.